The molecule has 25 heavy (non-hydrogen) atoms. The van der Waals surface area contributed by atoms with E-state index in [1.54, 1.807) is 30.3 Å². The number of aromatic nitrogens is 1. The van der Waals surface area contributed by atoms with Crippen LogP contribution in [0.4, 0.5) is 18.9 Å². The van der Waals surface area contributed by atoms with Gasteiger partial charge in [-0.25, -0.2) is 4.98 Å². The highest BCUT2D eigenvalue weighted by atomic mass is 19.4. The molecular weight excluding hydrogens is 329 g/mol. The number of para-hydroxylation sites is 2. The van der Waals surface area contributed by atoms with E-state index in [4.69, 9.17) is 0 Å². The maximum absolute atomic E-state index is 13.2. The van der Waals surface area contributed by atoms with E-state index in [1.165, 1.54) is 36.5 Å². The summed E-state index contributed by atoms with van der Waals surface area (Å²) in [7, 11) is 0. The van der Waals surface area contributed by atoms with Crippen molar-refractivity contribution in [3.8, 4) is 17.0 Å². The fourth-order valence-corrected chi connectivity index (χ4v) is 2.34. The minimum atomic E-state index is -4.46. The zero-order valence-corrected chi connectivity index (χ0v) is 12.9. The molecule has 3 rings (SSSR count). The molecule has 0 aliphatic heterocycles. The van der Waals surface area contributed by atoms with E-state index in [1.807, 2.05) is 0 Å². The number of pyridine rings is 1. The average Bonchev–Trinajstić information content (AvgIpc) is 2.61. The second-order valence-corrected chi connectivity index (χ2v) is 5.24. The Hall–Kier alpha value is -3.15. The number of phenols is 1. The number of aliphatic imine (C=N–C) groups is 1. The first-order valence-corrected chi connectivity index (χ1v) is 7.41. The van der Waals surface area contributed by atoms with Crippen molar-refractivity contribution in [3.05, 3.63) is 78.0 Å². The van der Waals surface area contributed by atoms with Gasteiger partial charge in [0.05, 0.1) is 23.2 Å². The first-order valence-electron chi connectivity index (χ1n) is 7.41. The van der Waals surface area contributed by atoms with Crippen LogP contribution in [0.1, 0.15) is 11.3 Å². The highest BCUT2D eigenvalue weighted by Crippen LogP contribution is 2.36. The lowest BCUT2D eigenvalue weighted by atomic mass is 10.0. The van der Waals surface area contributed by atoms with E-state index in [0.29, 0.717) is 11.4 Å². The van der Waals surface area contributed by atoms with Crippen LogP contribution in [0.15, 0.2) is 71.7 Å². The predicted molar refractivity (Wildman–Crippen MR) is 90.0 cm³/mol. The summed E-state index contributed by atoms with van der Waals surface area (Å²) in [5.74, 6) is 0.0114. The number of nitrogens with zero attached hydrogens (tertiary/aromatic N) is 2. The third-order valence-electron chi connectivity index (χ3n) is 3.50. The molecule has 0 bridgehead atoms. The van der Waals surface area contributed by atoms with Gasteiger partial charge in [0.1, 0.15) is 11.4 Å². The molecule has 0 aliphatic carbocycles. The molecule has 1 aromatic heterocycles. The number of alkyl halides is 3. The lowest BCUT2D eigenvalue weighted by Gasteiger charge is -2.12. The van der Waals surface area contributed by atoms with Crippen molar-refractivity contribution >= 4 is 11.9 Å². The molecule has 0 spiro atoms. The second kappa shape index (κ2) is 6.76. The first kappa shape index (κ1) is 16.7. The fourth-order valence-electron chi connectivity index (χ4n) is 2.34. The Balaban J connectivity index is 1.97. The highest BCUT2D eigenvalue weighted by Gasteiger charge is 2.33. The van der Waals surface area contributed by atoms with Gasteiger partial charge in [-0.2, -0.15) is 13.2 Å². The second-order valence-electron chi connectivity index (χ2n) is 5.24. The number of hydrogen-bond acceptors (Lipinski definition) is 3. The van der Waals surface area contributed by atoms with Crippen molar-refractivity contribution < 1.29 is 18.3 Å². The van der Waals surface area contributed by atoms with Crippen molar-refractivity contribution in [2.24, 2.45) is 4.99 Å². The molecule has 0 amide bonds. The first-order chi connectivity index (χ1) is 11.9. The standard InChI is InChI=1S/C19H13F3N2O/c20-19(21,22)15-8-2-1-7-14(15)16-10-5-6-13(24-16)12-23-17-9-3-4-11-18(17)25/h1-12,25H. The molecule has 0 atom stereocenters. The Morgan fingerprint density at radius 3 is 2.36 bits per heavy atom. The third kappa shape index (κ3) is 3.85. The number of halogens is 3. The van der Waals surface area contributed by atoms with Crippen LogP contribution in [0.25, 0.3) is 11.3 Å². The molecular formula is C19H13F3N2O. The maximum atomic E-state index is 13.2. The third-order valence-corrected chi connectivity index (χ3v) is 3.50. The van der Waals surface area contributed by atoms with Gasteiger partial charge in [-0.1, -0.05) is 36.4 Å². The van der Waals surface area contributed by atoms with Crippen molar-refractivity contribution in [2.75, 3.05) is 0 Å². The molecule has 126 valence electrons. The van der Waals surface area contributed by atoms with Crippen molar-refractivity contribution in [1.29, 1.82) is 0 Å². The Labute approximate surface area is 142 Å². The normalized spacial score (nSPS) is 11.8. The van der Waals surface area contributed by atoms with E-state index in [-0.39, 0.29) is 17.0 Å². The Morgan fingerprint density at radius 2 is 1.60 bits per heavy atom. The molecule has 0 aliphatic rings. The fraction of sp³-hybridized carbons (Fsp3) is 0.0526. The summed E-state index contributed by atoms with van der Waals surface area (Å²) in [5, 5.41) is 9.69. The van der Waals surface area contributed by atoms with Crippen LogP contribution >= 0.6 is 0 Å². The van der Waals surface area contributed by atoms with Gasteiger partial charge in [-0.15, -0.1) is 0 Å². The number of hydrogen-bond donors (Lipinski definition) is 1. The van der Waals surface area contributed by atoms with Gasteiger partial charge < -0.3 is 5.11 Å². The van der Waals surface area contributed by atoms with Gasteiger partial charge in [0.2, 0.25) is 0 Å². The molecule has 3 nitrogen and oxygen atoms in total. The summed E-state index contributed by atoms with van der Waals surface area (Å²) in [4.78, 5) is 8.35. The van der Waals surface area contributed by atoms with E-state index in [9.17, 15) is 18.3 Å². The SMILES string of the molecule is Oc1ccccc1N=Cc1cccc(-c2ccccc2C(F)(F)F)n1. The summed E-state index contributed by atoms with van der Waals surface area (Å²) in [6.45, 7) is 0. The van der Waals surface area contributed by atoms with Crippen molar-refractivity contribution in [3.63, 3.8) is 0 Å². The van der Waals surface area contributed by atoms with E-state index in [2.05, 4.69) is 9.98 Å². The summed E-state index contributed by atoms with van der Waals surface area (Å²) in [6, 6.07) is 16.5. The Morgan fingerprint density at radius 1 is 0.880 bits per heavy atom. The molecule has 1 N–H and O–H groups in total. The van der Waals surface area contributed by atoms with Crippen LogP contribution in [0, 0.1) is 0 Å². The minimum absolute atomic E-state index is 0.00723. The van der Waals surface area contributed by atoms with Crippen molar-refractivity contribution in [1.82, 2.24) is 4.98 Å². The van der Waals surface area contributed by atoms with Crippen LogP contribution in [-0.2, 0) is 6.18 Å². The van der Waals surface area contributed by atoms with Gasteiger partial charge >= 0.3 is 6.18 Å². The summed E-state index contributed by atoms with van der Waals surface area (Å²) < 4.78 is 39.5. The molecule has 6 heteroatoms. The van der Waals surface area contributed by atoms with Gasteiger partial charge in [-0.05, 0) is 30.3 Å². The van der Waals surface area contributed by atoms with Crippen LogP contribution < -0.4 is 0 Å². The average molecular weight is 342 g/mol. The summed E-state index contributed by atoms with van der Waals surface area (Å²) in [5.41, 5.74) is 0.211. The minimum Gasteiger partial charge on any atom is -0.506 e. The molecule has 0 fully saturated rings. The molecule has 0 saturated carbocycles. The van der Waals surface area contributed by atoms with Gasteiger partial charge in [0.25, 0.3) is 0 Å². The number of phenolic OH excluding ortho intramolecular Hbond substituents is 1. The van der Waals surface area contributed by atoms with Gasteiger partial charge in [-0.3, -0.25) is 4.99 Å². The van der Waals surface area contributed by atoms with E-state index in [0.717, 1.165) is 6.07 Å². The number of rotatable bonds is 3. The molecule has 2 aromatic carbocycles. The molecule has 1 heterocycles. The Bertz CT molecular complexity index is 920. The topological polar surface area (TPSA) is 45.5 Å². The van der Waals surface area contributed by atoms with Crippen LogP contribution in [0.5, 0.6) is 5.75 Å². The zero-order valence-electron chi connectivity index (χ0n) is 12.9. The van der Waals surface area contributed by atoms with Gasteiger partial charge in [0.15, 0.2) is 0 Å². The maximum Gasteiger partial charge on any atom is 0.417 e. The molecule has 0 saturated heterocycles. The van der Waals surface area contributed by atoms with E-state index >= 15 is 0 Å². The Kier molecular flexibility index (Phi) is 4.52. The van der Waals surface area contributed by atoms with Crippen LogP contribution in [-0.4, -0.2) is 16.3 Å². The summed E-state index contributed by atoms with van der Waals surface area (Å²) >= 11 is 0. The molecule has 3 aromatic rings. The lowest BCUT2D eigenvalue weighted by Crippen LogP contribution is -2.07. The predicted octanol–water partition coefficient (Wildman–Crippen LogP) is 5.22. The number of aromatic hydroxyl groups is 1. The van der Waals surface area contributed by atoms with Crippen LogP contribution in [0.3, 0.4) is 0 Å². The quantitative estimate of drug-likeness (QED) is 0.663. The summed E-state index contributed by atoms with van der Waals surface area (Å²) in [6.07, 6.45) is -3.06. The highest BCUT2D eigenvalue weighted by molar-refractivity contribution is 5.81. The van der Waals surface area contributed by atoms with Crippen LogP contribution in [0.2, 0.25) is 0 Å². The van der Waals surface area contributed by atoms with E-state index < -0.39 is 11.7 Å². The smallest absolute Gasteiger partial charge is 0.417 e. The number of benzene rings is 2. The monoisotopic (exact) mass is 342 g/mol. The molecule has 0 radical (unpaired) electrons. The van der Waals surface area contributed by atoms with Gasteiger partial charge in [0, 0.05) is 5.56 Å². The molecule has 0 unspecified atom stereocenters. The lowest BCUT2D eigenvalue weighted by molar-refractivity contribution is -0.137. The van der Waals surface area contributed by atoms with Crippen molar-refractivity contribution in [2.45, 2.75) is 6.18 Å². The zero-order chi connectivity index (χ0) is 17.9. The largest absolute Gasteiger partial charge is 0.506 e.